The van der Waals surface area contributed by atoms with Crippen LogP contribution < -0.4 is 4.72 Å². The Labute approximate surface area is 155 Å². The van der Waals surface area contributed by atoms with Crippen LogP contribution in [0.1, 0.15) is 0 Å². The summed E-state index contributed by atoms with van der Waals surface area (Å²) in [5.74, 6) is -0.964. The first-order chi connectivity index (χ1) is 12.9. The van der Waals surface area contributed by atoms with Crippen LogP contribution in [-0.4, -0.2) is 24.1 Å². The summed E-state index contributed by atoms with van der Waals surface area (Å²) in [5.41, 5.74) is 1.02. The van der Waals surface area contributed by atoms with Gasteiger partial charge in [-0.15, -0.1) is 0 Å². The number of carboxylic acids is 1. The van der Waals surface area contributed by atoms with Crippen molar-refractivity contribution in [2.24, 2.45) is 0 Å². The lowest BCUT2D eigenvalue weighted by molar-refractivity contribution is -0.137. The Balaban J connectivity index is 1.75. The second-order valence-electron chi connectivity index (χ2n) is 6.19. The third-order valence-corrected chi connectivity index (χ3v) is 5.81. The number of anilines is 1. The van der Waals surface area contributed by atoms with Gasteiger partial charge >= 0.3 is 5.97 Å². The van der Waals surface area contributed by atoms with E-state index in [0.29, 0.717) is 16.6 Å². The Morgan fingerprint density at radius 2 is 1.74 bits per heavy atom. The van der Waals surface area contributed by atoms with Gasteiger partial charge < -0.3 is 9.67 Å². The number of aromatic nitrogens is 1. The number of rotatable bonds is 5. The molecule has 27 heavy (non-hydrogen) atoms. The molecular weight excluding hydrogens is 364 g/mol. The molecule has 6 nitrogen and oxygen atoms in total. The highest BCUT2D eigenvalue weighted by Gasteiger charge is 2.18. The van der Waals surface area contributed by atoms with Crippen LogP contribution in [0.15, 0.2) is 77.8 Å². The fourth-order valence-corrected chi connectivity index (χ4v) is 4.45. The van der Waals surface area contributed by atoms with Gasteiger partial charge in [-0.25, -0.2) is 8.42 Å². The molecule has 0 aliphatic heterocycles. The number of hydrogen-bond donors (Lipinski definition) is 2. The molecule has 2 N–H and O–H groups in total. The van der Waals surface area contributed by atoms with Crippen LogP contribution in [0.25, 0.3) is 21.7 Å². The van der Waals surface area contributed by atoms with Gasteiger partial charge in [0.15, 0.2) is 0 Å². The van der Waals surface area contributed by atoms with Crippen molar-refractivity contribution in [2.75, 3.05) is 4.72 Å². The average molecular weight is 380 g/mol. The van der Waals surface area contributed by atoms with Crippen LogP contribution in [0.4, 0.5) is 5.69 Å². The largest absolute Gasteiger partial charge is 0.480 e. The normalized spacial score (nSPS) is 11.7. The smallest absolute Gasteiger partial charge is 0.323 e. The molecule has 0 saturated carbocycles. The lowest BCUT2D eigenvalue weighted by atomic mass is 10.1. The monoisotopic (exact) mass is 380 g/mol. The number of nitrogens with zero attached hydrogens (tertiary/aromatic N) is 1. The van der Waals surface area contributed by atoms with Gasteiger partial charge in [-0.1, -0.05) is 42.5 Å². The number of fused-ring (bicyclic) bond motifs is 2. The van der Waals surface area contributed by atoms with E-state index < -0.39 is 16.0 Å². The van der Waals surface area contributed by atoms with Crippen LogP contribution in [0, 0.1) is 0 Å². The number of benzene rings is 3. The highest BCUT2D eigenvalue weighted by atomic mass is 32.2. The zero-order valence-electron chi connectivity index (χ0n) is 14.2. The molecule has 0 atom stereocenters. The van der Waals surface area contributed by atoms with Crippen molar-refractivity contribution in [3.05, 3.63) is 72.9 Å². The number of carboxylic acid groups (broad SMARTS) is 1. The molecule has 0 unspecified atom stereocenters. The summed E-state index contributed by atoms with van der Waals surface area (Å²) < 4.78 is 30.0. The zero-order chi connectivity index (χ0) is 19.0. The summed E-state index contributed by atoms with van der Waals surface area (Å²) in [5, 5.41) is 11.3. The molecule has 0 bridgehead atoms. The van der Waals surface area contributed by atoms with Gasteiger partial charge in [-0.3, -0.25) is 9.52 Å². The van der Waals surface area contributed by atoms with E-state index in [0.717, 1.165) is 10.8 Å². The van der Waals surface area contributed by atoms with Gasteiger partial charge in [0, 0.05) is 11.6 Å². The maximum atomic E-state index is 12.9. The number of carbonyl (C=O) groups is 1. The van der Waals surface area contributed by atoms with Gasteiger partial charge in [-0.2, -0.15) is 0 Å². The van der Waals surface area contributed by atoms with E-state index in [1.165, 1.54) is 0 Å². The second kappa shape index (κ2) is 6.44. The molecule has 1 aromatic heterocycles. The van der Waals surface area contributed by atoms with Crippen molar-refractivity contribution in [2.45, 2.75) is 11.4 Å². The zero-order valence-corrected chi connectivity index (χ0v) is 15.0. The molecule has 1 heterocycles. The lowest BCUT2D eigenvalue weighted by Gasteiger charge is -2.11. The molecule has 0 fully saturated rings. The predicted octanol–water partition coefficient (Wildman–Crippen LogP) is 3.68. The Bertz CT molecular complexity index is 1270. The van der Waals surface area contributed by atoms with Crippen molar-refractivity contribution < 1.29 is 18.3 Å². The molecule has 4 rings (SSSR count). The van der Waals surface area contributed by atoms with Gasteiger partial charge in [0.25, 0.3) is 10.0 Å². The maximum Gasteiger partial charge on any atom is 0.323 e. The van der Waals surface area contributed by atoms with Gasteiger partial charge in [0.1, 0.15) is 6.54 Å². The van der Waals surface area contributed by atoms with E-state index >= 15 is 0 Å². The fourth-order valence-electron chi connectivity index (χ4n) is 3.17. The van der Waals surface area contributed by atoms with Crippen molar-refractivity contribution in [3.63, 3.8) is 0 Å². The SMILES string of the molecule is O=C(O)Cn1ccc2ccc(NS(=O)(=O)c3cccc4ccccc34)cc21. The summed E-state index contributed by atoms with van der Waals surface area (Å²) in [6.07, 6.45) is 1.67. The highest BCUT2D eigenvalue weighted by molar-refractivity contribution is 7.93. The summed E-state index contributed by atoms with van der Waals surface area (Å²) >= 11 is 0. The van der Waals surface area contributed by atoms with Crippen LogP contribution in [0.2, 0.25) is 0 Å². The first kappa shape index (κ1) is 17.1. The Kier molecular flexibility index (Phi) is 4.08. The number of aliphatic carboxylic acids is 1. The molecule has 0 radical (unpaired) electrons. The summed E-state index contributed by atoms with van der Waals surface area (Å²) in [4.78, 5) is 11.2. The number of hydrogen-bond acceptors (Lipinski definition) is 3. The van der Waals surface area contributed by atoms with E-state index in [4.69, 9.17) is 5.11 Å². The minimum Gasteiger partial charge on any atom is -0.480 e. The molecule has 3 aromatic carbocycles. The minimum atomic E-state index is -3.80. The maximum absolute atomic E-state index is 12.9. The van der Waals surface area contributed by atoms with Crippen LogP contribution in [0.5, 0.6) is 0 Å². The number of nitrogens with one attached hydrogen (secondary N) is 1. The van der Waals surface area contributed by atoms with E-state index in [2.05, 4.69) is 4.72 Å². The summed E-state index contributed by atoms with van der Waals surface area (Å²) in [7, 11) is -3.80. The standard InChI is InChI=1S/C20H16N2O4S/c23-20(24)13-22-11-10-15-8-9-16(12-18(15)22)21-27(25,26)19-7-3-5-14-4-1-2-6-17(14)19/h1-12,21H,13H2,(H,23,24). The molecule has 0 amide bonds. The number of sulfonamides is 1. The second-order valence-corrected chi connectivity index (χ2v) is 7.84. The predicted molar refractivity (Wildman–Crippen MR) is 104 cm³/mol. The molecule has 7 heteroatoms. The van der Waals surface area contributed by atoms with Crippen molar-refractivity contribution in [1.82, 2.24) is 4.57 Å². The molecule has 0 spiro atoms. The molecule has 0 saturated heterocycles. The van der Waals surface area contributed by atoms with E-state index in [9.17, 15) is 13.2 Å². The molecule has 0 aliphatic carbocycles. The van der Waals surface area contributed by atoms with Gasteiger partial charge in [0.2, 0.25) is 0 Å². The molecule has 0 aliphatic rings. The molecule has 4 aromatic rings. The van der Waals surface area contributed by atoms with Gasteiger partial charge in [-0.05, 0) is 35.0 Å². The lowest BCUT2D eigenvalue weighted by Crippen LogP contribution is -2.13. The Hall–Kier alpha value is -3.32. The van der Waals surface area contributed by atoms with E-state index in [1.807, 2.05) is 18.2 Å². The van der Waals surface area contributed by atoms with Crippen molar-refractivity contribution in [3.8, 4) is 0 Å². The Morgan fingerprint density at radius 3 is 2.56 bits per heavy atom. The van der Waals surface area contributed by atoms with Gasteiger partial charge in [0.05, 0.1) is 16.1 Å². The summed E-state index contributed by atoms with van der Waals surface area (Å²) in [6.45, 7) is -0.191. The van der Waals surface area contributed by atoms with E-state index in [1.54, 1.807) is 59.3 Å². The van der Waals surface area contributed by atoms with Crippen LogP contribution >= 0.6 is 0 Å². The van der Waals surface area contributed by atoms with Crippen molar-refractivity contribution >= 4 is 43.4 Å². The Morgan fingerprint density at radius 1 is 0.963 bits per heavy atom. The minimum absolute atomic E-state index is 0.191. The average Bonchev–Trinajstić information content (AvgIpc) is 3.02. The molecule has 136 valence electrons. The fraction of sp³-hybridized carbons (Fsp3) is 0.0500. The first-order valence-electron chi connectivity index (χ1n) is 8.25. The first-order valence-corrected chi connectivity index (χ1v) is 9.74. The third-order valence-electron chi connectivity index (χ3n) is 4.37. The highest BCUT2D eigenvalue weighted by Crippen LogP contribution is 2.26. The quantitative estimate of drug-likeness (QED) is 0.553. The topological polar surface area (TPSA) is 88.4 Å². The summed E-state index contributed by atoms with van der Waals surface area (Å²) in [6, 6.07) is 19.3. The van der Waals surface area contributed by atoms with Crippen LogP contribution in [-0.2, 0) is 21.4 Å². The van der Waals surface area contributed by atoms with Crippen molar-refractivity contribution in [1.29, 1.82) is 0 Å². The van der Waals surface area contributed by atoms with Crippen LogP contribution in [0.3, 0.4) is 0 Å². The third kappa shape index (κ3) is 3.24. The molecular formula is C20H16N2O4S. The van der Waals surface area contributed by atoms with E-state index in [-0.39, 0.29) is 11.4 Å².